The Balaban J connectivity index is 1.33. The second kappa shape index (κ2) is 11.7. The SMILES string of the molecule is CC1=CC(N2CCN(CCCCCCO)[C@H](C)C2)=CN2C(=O)/C=C(c3cc4c(C)nc(C)cn4n3)\C=C\C=C12. The Morgan fingerprint density at radius 3 is 2.69 bits per heavy atom. The minimum absolute atomic E-state index is 0.0804. The first-order valence-corrected chi connectivity index (χ1v) is 14.1. The normalized spacial score (nSPS) is 22.5. The van der Waals surface area contributed by atoms with Gasteiger partial charge in [-0.25, -0.2) is 4.52 Å². The molecule has 5 heterocycles. The number of carbonyl (C=O) groups excluding carboxylic acids is 1. The third-order valence-electron chi connectivity index (χ3n) is 7.87. The van der Waals surface area contributed by atoms with Gasteiger partial charge in [0.25, 0.3) is 5.91 Å². The van der Waals surface area contributed by atoms with Crippen molar-refractivity contribution in [3.05, 3.63) is 82.9 Å². The summed E-state index contributed by atoms with van der Waals surface area (Å²) in [6.45, 7) is 12.6. The molecule has 0 saturated carbocycles. The maximum Gasteiger partial charge on any atom is 0.255 e. The van der Waals surface area contributed by atoms with Crippen molar-refractivity contribution < 1.29 is 9.90 Å². The third kappa shape index (κ3) is 5.92. The molecule has 206 valence electrons. The number of carbonyl (C=O) groups is 1. The highest BCUT2D eigenvalue weighted by atomic mass is 16.3. The molecule has 2 aromatic heterocycles. The van der Waals surface area contributed by atoms with Crippen LogP contribution < -0.4 is 0 Å². The Morgan fingerprint density at radius 1 is 1.08 bits per heavy atom. The molecule has 1 saturated heterocycles. The van der Waals surface area contributed by atoms with Crippen LogP contribution in [0.5, 0.6) is 0 Å². The van der Waals surface area contributed by atoms with Crippen LogP contribution in [0.3, 0.4) is 0 Å². The molecule has 1 N–H and O–H groups in total. The lowest BCUT2D eigenvalue weighted by molar-refractivity contribution is -0.122. The monoisotopic (exact) mass is 528 g/mol. The molecule has 0 radical (unpaired) electrons. The largest absolute Gasteiger partial charge is 0.396 e. The topological polar surface area (TPSA) is 77.2 Å². The number of hydrogen-bond donors (Lipinski definition) is 1. The van der Waals surface area contributed by atoms with Crippen LogP contribution in [-0.4, -0.2) is 79.1 Å². The van der Waals surface area contributed by atoms with Crippen molar-refractivity contribution in [2.24, 2.45) is 0 Å². The maximum absolute atomic E-state index is 13.6. The molecule has 1 atom stereocenters. The van der Waals surface area contributed by atoms with Gasteiger partial charge in [0, 0.05) is 50.1 Å². The van der Waals surface area contributed by atoms with Gasteiger partial charge >= 0.3 is 0 Å². The molecule has 39 heavy (non-hydrogen) atoms. The average molecular weight is 529 g/mol. The molecule has 8 nitrogen and oxygen atoms in total. The van der Waals surface area contributed by atoms with Crippen molar-refractivity contribution in [1.82, 2.24) is 29.3 Å². The summed E-state index contributed by atoms with van der Waals surface area (Å²) in [5, 5.41) is 13.7. The van der Waals surface area contributed by atoms with Gasteiger partial charge in [-0.1, -0.05) is 25.0 Å². The zero-order valence-electron chi connectivity index (χ0n) is 23.6. The maximum atomic E-state index is 13.6. The number of aromatic nitrogens is 3. The number of amides is 1. The zero-order valence-corrected chi connectivity index (χ0v) is 23.6. The van der Waals surface area contributed by atoms with Gasteiger partial charge in [0.05, 0.1) is 40.2 Å². The van der Waals surface area contributed by atoms with E-state index >= 15 is 0 Å². The van der Waals surface area contributed by atoms with Crippen molar-refractivity contribution in [1.29, 1.82) is 0 Å². The number of aryl methyl sites for hydroxylation is 2. The van der Waals surface area contributed by atoms with Gasteiger partial charge in [-0.2, -0.15) is 5.10 Å². The summed E-state index contributed by atoms with van der Waals surface area (Å²) < 4.78 is 1.84. The molecule has 0 unspecified atom stereocenters. The first-order chi connectivity index (χ1) is 18.8. The summed E-state index contributed by atoms with van der Waals surface area (Å²) in [4.78, 5) is 24.9. The molecule has 1 amide bonds. The van der Waals surface area contributed by atoms with Crippen LogP contribution in [0.1, 0.15) is 56.6 Å². The van der Waals surface area contributed by atoms with E-state index in [1.807, 2.05) is 55.1 Å². The molecule has 5 rings (SSSR count). The first kappa shape index (κ1) is 27.1. The van der Waals surface area contributed by atoms with E-state index in [1.165, 1.54) is 12.8 Å². The van der Waals surface area contributed by atoms with Gasteiger partial charge < -0.3 is 10.0 Å². The predicted molar refractivity (Wildman–Crippen MR) is 155 cm³/mol. The van der Waals surface area contributed by atoms with Crippen molar-refractivity contribution in [3.63, 3.8) is 0 Å². The Hall–Kier alpha value is -3.49. The fourth-order valence-electron chi connectivity index (χ4n) is 5.72. The number of aliphatic hydroxyl groups is 1. The Bertz CT molecular complexity index is 1400. The number of aliphatic hydroxyl groups excluding tert-OH is 1. The highest BCUT2D eigenvalue weighted by molar-refractivity contribution is 5.99. The second-order valence-electron chi connectivity index (χ2n) is 10.9. The quantitative estimate of drug-likeness (QED) is 0.513. The first-order valence-electron chi connectivity index (χ1n) is 14.1. The van der Waals surface area contributed by atoms with Crippen LogP contribution in [0.2, 0.25) is 0 Å². The minimum atomic E-state index is -0.0804. The molecule has 0 aromatic carbocycles. The van der Waals surface area contributed by atoms with Crippen LogP contribution in [0.4, 0.5) is 0 Å². The highest BCUT2D eigenvalue weighted by Crippen LogP contribution is 2.30. The van der Waals surface area contributed by atoms with Crippen LogP contribution in [0.15, 0.2) is 65.8 Å². The summed E-state index contributed by atoms with van der Waals surface area (Å²) in [6, 6.07) is 2.44. The van der Waals surface area contributed by atoms with Crippen molar-refractivity contribution >= 4 is 17.0 Å². The standard InChI is InChI=1S/C31H40N6O2/c1-22-16-27(35-14-13-34(24(3)20-35)12-7-5-6-8-15-38)21-36-29(22)11-9-10-26(17-31(36)39)28-18-30-25(4)32-23(2)19-37(30)33-28/h9-11,16-19,21,24,38H,5-8,12-15,20H2,1-4H3/b10-9+,26-17+,29-11?/t24-/m1/s1. The van der Waals surface area contributed by atoms with E-state index in [0.29, 0.717) is 12.6 Å². The lowest BCUT2D eigenvalue weighted by Crippen LogP contribution is -2.51. The molecule has 2 aromatic rings. The second-order valence-corrected chi connectivity index (χ2v) is 10.9. The molecule has 0 bridgehead atoms. The Morgan fingerprint density at radius 2 is 1.90 bits per heavy atom. The van der Waals surface area contributed by atoms with Gasteiger partial charge in [-0.05, 0) is 70.9 Å². The number of hydrogen-bond acceptors (Lipinski definition) is 6. The summed E-state index contributed by atoms with van der Waals surface area (Å²) in [7, 11) is 0. The van der Waals surface area contributed by atoms with Gasteiger partial charge in [-0.3, -0.25) is 19.6 Å². The van der Waals surface area contributed by atoms with E-state index in [1.54, 1.807) is 11.0 Å². The van der Waals surface area contributed by atoms with E-state index < -0.39 is 0 Å². The Labute approximate surface area is 231 Å². The lowest BCUT2D eigenvalue weighted by atomic mass is 10.0. The molecular weight excluding hydrogens is 488 g/mol. The molecular formula is C31H40N6O2. The number of fused-ring (bicyclic) bond motifs is 2. The van der Waals surface area contributed by atoms with E-state index in [-0.39, 0.29) is 5.91 Å². The smallest absolute Gasteiger partial charge is 0.255 e. The number of allylic oxidation sites excluding steroid dienone is 6. The van der Waals surface area contributed by atoms with Crippen molar-refractivity contribution in [3.8, 4) is 0 Å². The molecule has 3 aliphatic heterocycles. The zero-order chi connectivity index (χ0) is 27.5. The fraction of sp³-hybridized carbons (Fsp3) is 0.452. The van der Waals surface area contributed by atoms with Gasteiger partial charge in [0.15, 0.2) is 0 Å². The van der Waals surface area contributed by atoms with E-state index in [0.717, 1.165) is 84.2 Å². The molecule has 8 heteroatoms. The lowest BCUT2D eigenvalue weighted by Gasteiger charge is -2.42. The van der Waals surface area contributed by atoms with Crippen LogP contribution >= 0.6 is 0 Å². The van der Waals surface area contributed by atoms with E-state index in [2.05, 4.69) is 34.7 Å². The van der Waals surface area contributed by atoms with Crippen LogP contribution in [-0.2, 0) is 4.79 Å². The van der Waals surface area contributed by atoms with Crippen LogP contribution in [0.25, 0.3) is 11.1 Å². The van der Waals surface area contributed by atoms with Gasteiger partial charge in [0.2, 0.25) is 0 Å². The summed E-state index contributed by atoms with van der Waals surface area (Å²) in [5.41, 5.74) is 7.34. The molecule has 1 fully saturated rings. The minimum Gasteiger partial charge on any atom is -0.396 e. The number of unbranched alkanes of at least 4 members (excludes halogenated alkanes) is 3. The van der Waals surface area contributed by atoms with E-state index in [4.69, 9.17) is 10.2 Å². The summed E-state index contributed by atoms with van der Waals surface area (Å²) in [6.07, 6.45) is 18.1. The van der Waals surface area contributed by atoms with E-state index in [9.17, 15) is 4.79 Å². The molecule has 0 spiro atoms. The van der Waals surface area contributed by atoms with Crippen LogP contribution in [0, 0.1) is 13.8 Å². The van der Waals surface area contributed by atoms with Gasteiger partial charge in [-0.15, -0.1) is 0 Å². The molecule has 0 aliphatic carbocycles. The summed E-state index contributed by atoms with van der Waals surface area (Å²) >= 11 is 0. The number of piperazine rings is 1. The van der Waals surface area contributed by atoms with Crippen molar-refractivity contribution in [2.45, 2.75) is 59.4 Å². The highest BCUT2D eigenvalue weighted by Gasteiger charge is 2.28. The average Bonchev–Trinajstić information content (AvgIpc) is 3.32. The third-order valence-corrected chi connectivity index (χ3v) is 7.87. The number of nitrogens with zero attached hydrogens (tertiary/aromatic N) is 6. The predicted octanol–water partition coefficient (Wildman–Crippen LogP) is 4.37. The fourth-order valence-corrected chi connectivity index (χ4v) is 5.72. The number of rotatable bonds is 8. The molecule has 3 aliphatic rings. The van der Waals surface area contributed by atoms with Crippen molar-refractivity contribution in [2.75, 3.05) is 32.8 Å². The summed E-state index contributed by atoms with van der Waals surface area (Å²) in [5.74, 6) is -0.0804. The Kier molecular flexibility index (Phi) is 8.14. The van der Waals surface area contributed by atoms with Gasteiger partial charge in [0.1, 0.15) is 0 Å².